The molecule has 2 rings (SSSR count). The Morgan fingerprint density at radius 1 is 1.50 bits per heavy atom. The Morgan fingerprint density at radius 3 is 2.81 bits per heavy atom. The van der Waals surface area contributed by atoms with Crippen LogP contribution in [0.25, 0.3) is 10.8 Å². The number of aromatic nitrogens is 1. The molecule has 0 aliphatic heterocycles. The number of rotatable bonds is 1. The number of nitrogens with zero attached hydrogens (tertiary/aromatic N) is 2. The molecule has 0 saturated carbocycles. The maximum atomic E-state index is 13.5. The van der Waals surface area contributed by atoms with Gasteiger partial charge in [-0.05, 0) is 6.07 Å². The number of nitro groups is 1. The summed E-state index contributed by atoms with van der Waals surface area (Å²) in [6, 6.07) is 2.71. The lowest BCUT2D eigenvalue weighted by Gasteiger charge is -2.03. The minimum Gasteiger partial charge on any atom is -0.258 e. The van der Waals surface area contributed by atoms with Gasteiger partial charge in [0, 0.05) is 15.9 Å². The van der Waals surface area contributed by atoms with Crippen LogP contribution in [0.5, 0.6) is 0 Å². The average Bonchev–Trinajstić information content (AvgIpc) is 2.22. The molecule has 4 nitrogen and oxygen atoms in total. The minimum absolute atomic E-state index is 0.0285. The summed E-state index contributed by atoms with van der Waals surface area (Å²) in [6.45, 7) is 0. The molecule has 2 aromatic rings. The molecule has 82 valence electrons. The number of benzene rings is 1. The van der Waals surface area contributed by atoms with Crippen molar-refractivity contribution < 1.29 is 9.31 Å². The fourth-order valence-corrected chi connectivity index (χ4v) is 2.04. The van der Waals surface area contributed by atoms with Crippen LogP contribution in [-0.2, 0) is 0 Å². The first-order valence-corrected chi connectivity index (χ1v) is 5.25. The summed E-state index contributed by atoms with van der Waals surface area (Å²) in [7, 11) is 0. The smallest absolute Gasteiger partial charge is 0.258 e. The lowest BCUT2D eigenvalue weighted by Crippen LogP contribution is -1.94. The number of nitro benzene ring substituents is 1. The van der Waals surface area contributed by atoms with E-state index >= 15 is 0 Å². The Kier molecular flexibility index (Phi) is 2.77. The largest absolute Gasteiger partial charge is 0.281 e. The highest BCUT2D eigenvalue weighted by molar-refractivity contribution is 9.10. The van der Waals surface area contributed by atoms with Crippen LogP contribution in [0.2, 0.25) is 5.15 Å². The lowest BCUT2D eigenvalue weighted by atomic mass is 10.1. The van der Waals surface area contributed by atoms with Crippen molar-refractivity contribution in [2.75, 3.05) is 0 Å². The maximum absolute atomic E-state index is 13.5. The third-order valence-electron chi connectivity index (χ3n) is 2.03. The van der Waals surface area contributed by atoms with E-state index < -0.39 is 10.7 Å². The van der Waals surface area contributed by atoms with Crippen LogP contribution in [0.1, 0.15) is 0 Å². The molecule has 0 N–H and O–H groups in total. The molecule has 0 unspecified atom stereocenters. The first-order chi connectivity index (χ1) is 7.50. The average molecular weight is 305 g/mol. The van der Waals surface area contributed by atoms with Crippen LogP contribution in [0.15, 0.2) is 22.8 Å². The summed E-state index contributed by atoms with van der Waals surface area (Å²) in [5.74, 6) is -0.765. The summed E-state index contributed by atoms with van der Waals surface area (Å²) >= 11 is 8.85. The predicted molar refractivity (Wildman–Crippen MR) is 61.1 cm³/mol. The van der Waals surface area contributed by atoms with E-state index in [1.165, 1.54) is 12.1 Å². The lowest BCUT2D eigenvalue weighted by molar-refractivity contribution is -0.383. The highest BCUT2D eigenvalue weighted by Crippen LogP contribution is 2.34. The van der Waals surface area contributed by atoms with Gasteiger partial charge in [-0.2, -0.15) is 0 Å². The molecule has 7 heteroatoms. The Morgan fingerprint density at radius 2 is 2.19 bits per heavy atom. The van der Waals surface area contributed by atoms with Gasteiger partial charge in [0.1, 0.15) is 5.15 Å². The van der Waals surface area contributed by atoms with E-state index in [2.05, 4.69) is 20.9 Å². The van der Waals surface area contributed by atoms with Crippen molar-refractivity contribution in [2.45, 2.75) is 0 Å². The van der Waals surface area contributed by atoms with Gasteiger partial charge in [-0.25, -0.2) is 9.37 Å². The zero-order chi connectivity index (χ0) is 11.9. The molecule has 0 bridgehead atoms. The van der Waals surface area contributed by atoms with E-state index in [0.717, 1.165) is 6.20 Å². The third kappa shape index (κ3) is 1.74. The van der Waals surface area contributed by atoms with E-state index in [0.29, 0.717) is 4.47 Å². The Bertz CT molecular complexity index is 606. The highest BCUT2D eigenvalue weighted by Gasteiger charge is 2.19. The number of fused-ring (bicyclic) bond motifs is 1. The van der Waals surface area contributed by atoms with E-state index in [-0.39, 0.29) is 21.6 Å². The van der Waals surface area contributed by atoms with Gasteiger partial charge in [0.2, 0.25) is 0 Å². The molecule has 0 radical (unpaired) electrons. The second-order valence-electron chi connectivity index (χ2n) is 3.00. The number of hydrogen-bond donors (Lipinski definition) is 0. The molecule has 1 aromatic carbocycles. The number of hydrogen-bond acceptors (Lipinski definition) is 3. The Labute approximate surface area is 102 Å². The maximum Gasteiger partial charge on any atom is 0.281 e. The molecule has 1 aromatic heterocycles. The summed E-state index contributed by atoms with van der Waals surface area (Å²) in [6.07, 6.45) is 0.867. The summed E-state index contributed by atoms with van der Waals surface area (Å²) in [5.41, 5.74) is -0.342. The van der Waals surface area contributed by atoms with Crippen LogP contribution in [-0.4, -0.2) is 9.91 Å². The summed E-state index contributed by atoms with van der Waals surface area (Å²) < 4.78 is 13.9. The quantitative estimate of drug-likeness (QED) is 0.458. The van der Waals surface area contributed by atoms with Crippen molar-refractivity contribution in [1.29, 1.82) is 0 Å². The van der Waals surface area contributed by atoms with Crippen molar-refractivity contribution in [2.24, 2.45) is 0 Å². The van der Waals surface area contributed by atoms with Crippen molar-refractivity contribution in [3.63, 3.8) is 0 Å². The molecule has 0 spiro atoms. The molecule has 1 heterocycles. The fourth-order valence-electron chi connectivity index (χ4n) is 1.40. The number of pyridine rings is 1. The zero-order valence-corrected chi connectivity index (χ0v) is 9.92. The van der Waals surface area contributed by atoms with Gasteiger partial charge in [0.15, 0.2) is 5.82 Å². The fraction of sp³-hybridized carbons (Fsp3) is 0. The molecule has 16 heavy (non-hydrogen) atoms. The summed E-state index contributed by atoms with van der Waals surface area (Å²) in [5, 5.41) is 10.9. The van der Waals surface area contributed by atoms with Crippen LogP contribution >= 0.6 is 27.5 Å². The molecular weight excluding hydrogens is 302 g/mol. The topological polar surface area (TPSA) is 56.0 Å². The predicted octanol–water partition coefficient (Wildman–Crippen LogP) is 3.70. The van der Waals surface area contributed by atoms with Crippen LogP contribution in [0.3, 0.4) is 0 Å². The molecule has 0 saturated heterocycles. The minimum atomic E-state index is -0.765. The monoisotopic (exact) mass is 304 g/mol. The van der Waals surface area contributed by atoms with Crippen molar-refractivity contribution in [3.05, 3.63) is 43.9 Å². The first-order valence-electron chi connectivity index (χ1n) is 4.08. The Hall–Kier alpha value is -1.27. The zero-order valence-electron chi connectivity index (χ0n) is 7.58. The number of halogens is 3. The van der Waals surface area contributed by atoms with Gasteiger partial charge in [-0.3, -0.25) is 10.1 Å². The van der Waals surface area contributed by atoms with E-state index in [1.807, 2.05) is 0 Å². The summed E-state index contributed by atoms with van der Waals surface area (Å²) in [4.78, 5) is 13.7. The third-order valence-corrected chi connectivity index (χ3v) is 2.79. The van der Waals surface area contributed by atoms with Gasteiger partial charge >= 0.3 is 0 Å². The van der Waals surface area contributed by atoms with Crippen LogP contribution in [0.4, 0.5) is 10.1 Å². The van der Waals surface area contributed by atoms with Crippen molar-refractivity contribution in [3.8, 4) is 0 Å². The van der Waals surface area contributed by atoms with Gasteiger partial charge in [-0.15, -0.1) is 0 Å². The standard InChI is InChI=1S/C9H3BrClFN2O2/c10-4-1-5-8(7(2-4)14(15)16)6(12)3-13-9(5)11/h1-3H. The van der Waals surface area contributed by atoms with Crippen LogP contribution < -0.4 is 0 Å². The second-order valence-corrected chi connectivity index (χ2v) is 4.28. The SMILES string of the molecule is O=[N+]([O-])c1cc(Br)cc2c(Cl)ncc(F)c12. The van der Waals surface area contributed by atoms with Crippen molar-refractivity contribution >= 4 is 44.0 Å². The molecule has 0 aliphatic rings. The molecule has 0 atom stereocenters. The molecule has 0 aliphatic carbocycles. The Balaban J connectivity index is 3.00. The number of non-ortho nitro benzene ring substituents is 1. The van der Waals surface area contributed by atoms with Gasteiger partial charge < -0.3 is 0 Å². The van der Waals surface area contributed by atoms with E-state index in [1.54, 1.807) is 0 Å². The normalized spacial score (nSPS) is 10.7. The molecule has 0 amide bonds. The highest BCUT2D eigenvalue weighted by atomic mass is 79.9. The van der Waals surface area contributed by atoms with Gasteiger partial charge in [-0.1, -0.05) is 27.5 Å². The van der Waals surface area contributed by atoms with E-state index in [9.17, 15) is 14.5 Å². The molecular formula is C9H3BrClFN2O2. The molecule has 0 fully saturated rings. The van der Waals surface area contributed by atoms with Gasteiger partial charge in [0.25, 0.3) is 5.69 Å². The first kappa shape index (κ1) is 11.2. The van der Waals surface area contributed by atoms with Crippen LogP contribution in [0, 0.1) is 15.9 Å². The van der Waals surface area contributed by atoms with Crippen molar-refractivity contribution in [1.82, 2.24) is 4.98 Å². The second kappa shape index (κ2) is 3.95. The van der Waals surface area contributed by atoms with E-state index in [4.69, 9.17) is 11.6 Å². The van der Waals surface area contributed by atoms with Gasteiger partial charge in [0.05, 0.1) is 16.5 Å².